The minimum absolute atomic E-state index is 0.129. The lowest BCUT2D eigenvalue weighted by Crippen LogP contribution is -2.37. The van der Waals surface area contributed by atoms with Crippen LogP contribution < -0.4 is 26.8 Å². The summed E-state index contributed by atoms with van der Waals surface area (Å²) >= 11 is 0. The molecule has 0 fully saturated rings. The lowest BCUT2D eigenvalue weighted by Gasteiger charge is -2.31. The molecule has 3 rings (SSSR count). The van der Waals surface area contributed by atoms with Crippen LogP contribution >= 0.6 is 0 Å². The number of dihydropyridines is 1. The quantitative estimate of drug-likeness (QED) is 0.108. The first-order chi connectivity index (χ1) is 18.7. The lowest BCUT2D eigenvalue weighted by atomic mass is 9.80. The second-order valence-corrected chi connectivity index (χ2v) is 9.58. The topological polar surface area (TPSA) is 118 Å². The van der Waals surface area contributed by atoms with Crippen LogP contribution in [0.1, 0.15) is 51.2 Å². The molecule has 2 aromatic rings. The molecular formula is C29H40N4O6. The van der Waals surface area contributed by atoms with Crippen LogP contribution in [-0.2, 0) is 19.3 Å². The maximum atomic E-state index is 12.9. The van der Waals surface area contributed by atoms with Crippen molar-refractivity contribution >= 4 is 23.0 Å². The highest BCUT2D eigenvalue weighted by Gasteiger charge is 2.34. The van der Waals surface area contributed by atoms with Crippen molar-refractivity contribution < 1.29 is 19.3 Å². The van der Waals surface area contributed by atoms with Crippen molar-refractivity contribution in [2.24, 2.45) is 0 Å². The molecule has 0 bridgehead atoms. The zero-order chi connectivity index (χ0) is 28.7. The van der Waals surface area contributed by atoms with E-state index in [1.165, 1.54) is 14.2 Å². The Morgan fingerprint density at radius 1 is 1.03 bits per heavy atom. The van der Waals surface area contributed by atoms with Gasteiger partial charge in [0.2, 0.25) is 0 Å². The van der Waals surface area contributed by atoms with Crippen molar-refractivity contribution in [1.29, 1.82) is 0 Å². The smallest absolute Gasteiger partial charge is 0.336 e. The van der Waals surface area contributed by atoms with Crippen molar-refractivity contribution in [2.75, 3.05) is 57.6 Å². The molecule has 10 nitrogen and oxygen atoms in total. The zero-order valence-electron chi connectivity index (χ0n) is 23.9. The number of methoxy groups -OCH3 is 1. The fourth-order valence-electron chi connectivity index (χ4n) is 4.92. The summed E-state index contributed by atoms with van der Waals surface area (Å²) in [6.07, 6.45) is 0.851. The van der Waals surface area contributed by atoms with Gasteiger partial charge in [-0.25, -0.2) is 14.6 Å². The maximum absolute atomic E-state index is 12.9. The number of rotatable bonds is 14. The molecule has 0 radical (unpaired) electrons. The van der Waals surface area contributed by atoms with Gasteiger partial charge in [0.05, 0.1) is 19.8 Å². The molecule has 2 aromatic carbocycles. The molecule has 39 heavy (non-hydrogen) atoms. The predicted octanol–water partition coefficient (Wildman–Crippen LogP) is 3.46. The molecule has 1 aliphatic heterocycles. The van der Waals surface area contributed by atoms with Crippen molar-refractivity contribution in [3.8, 4) is 0 Å². The molecule has 0 spiro atoms. The van der Waals surface area contributed by atoms with Crippen molar-refractivity contribution in [3.05, 3.63) is 72.3 Å². The zero-order valence-corrected chi connectivity index (χ0v) is 23.9. The molecule has 1 aliphatic rings. The summed E-state index contributed by atoms with van der Waals surface area (Å²) in [7, 11) is 2.78. The van der Waals surface area contributed by atoms with E-state index in [0.717, 1.165) is 48.5 Å². The number of hydrogen-bond acceptors (Lipinski definition) is 10. The number of allylic oxidation sites excluding steroid dienone is 2. The molecule has 1 atom stereocenters. The highest BCUT2D eigenvalue weighted by atomic mass is 17.2. The number of nitrogens with zero attached hydrogens (tertiary/aromatic N) is 1. The first-order valence-electron chi connectivity index (χ1n) is 13.3. The van der Waals surface area contributed by atoms with E-state index in [1.807, 2.05) is 39.0 Å². The van der Waals surface area contributed by atoms with Crippen LogP contribution in [0.3, 0.4) is 0 Å². The molecule has 1 heterocycles. The van der Waals surface area contributed by atoms with Crippen molar-refractivity contribution in [3.63, 3.8) is 0 Å². The average Bonchev–Trinajstić information content (AvgIpc) is 2.93. The predicted molar refractivity (Wildman–Crippen MR) is 153 cm³/mol. The Labute approximate surface area is 229 Å². The SMILES string of the molecule is CCN(CC)CCCNc1c(Nc2cc(C3C(COOC)=C(C)NC(C)=C3C(=O)OC)ccc2C)c(=O)c1=O. The minimum Gasteiger partial charge on any atom is -0.466 e. The van der Waals surface area contributed by atoms with Crippen LogP contribution in [-0.4, -0.2) is 57.9 Å². The van der Waals surface area contributed by atoms with E-state index in [2.05, 4.69) is 34.7 Å². The highest BCUT2D eigenvalue weighted by molar-refractivity contribution is 5.92. The van der Waals surface area contributed by atoms with Gasteiger partial charge < -0.3 is 25.6 Å². The normalized spacial score (nSPS) is 15.6. The Balaban J connectivity index is 1.92. The van der Waals surface area contributed by atoms with Gasteiger partial charge in [0, 0.05) is 29.5 Å². The van der Waals surface area contributed by atoms with Gasteiger partial charge >= 0.3 is 5.97 Å². The highest BCUT2D eigenvalue weighted by Crippen LogP contribution is 2.40. The fourth-order valence-corrected chi connectivity index (χ4v) is 4.92. The minimum atomic E-state index is -0.552. The van der Waals surface area contributed by atoms with Crippen LogP contribution in [0, 0.1) is 6.92 Å². The van der Waals surface area contributed by atoms with E-state index in [4.69, 9.17) is 14.5 Å². The van der Waals surface area contributed by atoms with Gasteiger partial charge in [0.15, 0.2) is 0 Å². The van der Waals surface area contributed by atoms with Crippen molar-refractivity contribution in [1.82, 2.24) is 10.2 Å². The number of nitrogens with one attached hydrogen (secondary N) is 3. The Kier molecular flexibility index (Phi) is 10.4. The number of benzene rings is 1. The molecule has 0 amide bonds. The van der Waals surface area contributed by atoms with Gasteiger partial charge in [-0.1, -0.05) is 26.0 Å². The largest absolute Gasteiger partial charge is 0.466 e. The van der Waals surface area contributed by atoms with Gasteiger partial charge in [-0.2, -0.15) is 0 Å². The Hall–Kier alpha value is -3.47. The number of hydrogen-bond donors (Lipinski definition) is 3. The molecule has 10 heteroatoms. The molecule has 0 aromatic heterocycles. The van der Waals surface area contributed by atoms with E-state index in [0.29, 0.717) is 29.2 Å². The number of esters is 1. The third-order valence-corrected chi connectivity index (χ3v) is 7.25. The Morgan fingerprint density at radius 2 is 1.72 bits per heavy atom. The van der Waals surface area contributed by atoms with E-state index >= 15 is 0 Å². The molecule has 3 N–H and O–H groups in total. The summed E-state index contributed by atoms with van der Waals surface area (Å²) < 4.78 is 5.11. The third kappa shape index (κ3) is 6.58. The molecule has 1 unspecified atom stereocenters. The van der Waals surface area contributed by atoms with E-state index in [-0.39, 0.29) is 12.3 Å². The Bertz CT molecular complexity index is 1320. The first-order valence-corrected chi connectivity index (χ1v) is 13.3. The molecular weight excluding hydrogens is 500 g/mol. The van der Waals surface area contributed by atoms with Gasteiger partial charge in [-0.3, -0.25) is 9.59 Å². The van der Waals surface area contributed by atoms with Crippen LogP contribution in [0.5, 0.6) is 0 Å². The summed E-state index contributed by atoms with van der Waals surface area (Å²) in [5.41, 5.74) is 4.62. The summed E-state index contributed by atoms with van der Waals surface area (Å²) in [4.78, 5) is 50.2. The van der Waals surface area contributed by atoms with Gasteiger partial charge in [-0.15, -0.1) is 0 Å². The molecule has 0 saturated carbocycles. The van der Waals surface area contributed by atoms with Gasteiger partial charge in [0.1, 0.15) is 18.0 Å². The summed E-state index contributed by atoms with van der Waals surface area (Å²) in [6.45, 7) is 13.4. The molecule has 212 valence electrons. The maximum Gasteiger partial charge on any atom is 0.336 e. The Morgan fingerprint density at radius 3 is 2.36 bits per heavy atom. The summed E-state index contributed by atoms with van der Waals surface area (Å²) in [6, 6.07) is 5.74. The number of anilines is 3. The second kappa shape index (κ2) is 13.5. The number of ether oxygens (including phenoxy) is 1. The van der Waals surface area contributed by atoms with Crippen LogP contribution in [0.4, 0.5) is 17.1 Å². The molecule has 0 saturated heterocycles. The van der Waals surface area contributed by atoms with Gasteiger partial charge in [0.25, 0.3) is 10.9 Å². The molecule has 0 aliphatic carbocycles. The standard InChI is InChI=1S/C29H40N4O6/c1-8-33(9-2)14-10-13-30-25-26(28(35)27(25)34)32-22-15-20(12-11-17(22)3)24-21(16-39-38-7)18(4)31-19(5)23(24)29(36)37-6/h11-12,15,24,30-32H,8-10,13-14,16H2,1-7H3. The van der Waals surface area contributed by atoms with E-state index in [9.17, 15) is 14.4 Å². The monoisotopic (exact) mass is 540 g/mol. The van der Waals surface area contributed by atoms with E-state index < -0.39 is 22.7 Å². The summed E-state index contributed by atoms with van der Waals surface area (Å²) in [5.74, 6) is -0.929. The number of carbonyl (C=O) groups is 1. The third-order valence-electron chi connectivity index (χ3n) is 7.25. The van der Waals surface area contributed by atoms with Crippen LogP contribution in [0.25, 0.3) is 0 Å². The van der Waals surface area contributed by atoms with E-state index in [1.54, 1.807) is 0 Å². The first kappa shape index (κ1) is 30.1. The van der Waals surface area contributed by atoms with Crippen molar-refractivity contribution in [2.45, 2.75) is 47.0 Å². The average molecular weight is 541 g/mol. The van der Waals surface area contributed by atoms with Crippen LogP contribution in [0.15, 0.2) is 50.3 Å². The second-order valence-electron chi connectivity index (χ2n) is 9.58. The number of carbonyl (C=O) groups excluding carboxylic acids is 1. The van der Waals surface area contributed by atoms with Gasteiger partial charge in [-0.05, 0) is 69.6 Å². The lowest BCUT2D eigenvalue weighted by molar-refractivity contribution is -0.265. The fraction of sp³-hybridized carbons (Fsp3) is 0.483. The summed E-state index contributed by atoms with van der Waals surface area (Å²) in [5, 5.41) is 9.57. The van der Waals surface area contributed by atoms with Crippen LogP contribution in [0.2, 0.25) is 0 Å². The number of aryl methyl sites for hydroxylation is 1.